The monoisotopic (exact) mass is 820 g/mol. The van der Waals surface area contributed by atoms with Gasteiger partial charge in [-0.2, -0.15) is 5.26 Å². The Morgan fingerprint density at radius 2 is 1.02 bits per heavy atom. The number of benzene rings is 9. The average molecular weight is 821 g/mol. The van der Waals surface area contributed by atoms with Gasteiger partial charge in [0.1, 0.15) is 11.5 Å². The van der Waals surface area contributed by atoms with Gasteiger partial charge in [-0.15, -0.1) is 11.3 Å². The highest BCUT2D eigenvalue weighted by Gasteiger charge is 2.51. The summed E-state index contributed by atoms with van der Waals surface area (Å²) in [5.41, 5.74) is 11.6. The topological polar surface area (TPSA) is 71.7 Å². The minimum Gasteiger partial charge on any atom is -0.457 e. The maximum Gasteiger partial charge on any atom is 0.165 e. The minimum atomic E-state index is -0.693. The summed E-state index contributed by atoms with van der Waals surface area (Å²) in [6.45, 7) is 0. The lowest BCUT2D eigenvalue weighted by molar-refractivity contribution is 0.436. The number of rotatable bonds is 4. The van der Waals surface area contributed by atoms with E-state index in [4.69, 9.17) is 19.7 Å². The van der Waals surface area contributed by atoms with Gasteiger partial charge in [-0.1, -0.05) is 158 Å². The molecule has 13 rings (SSSR count). The third-order valence-electron chi connectivity index (χ3n) is 12.9. The quantitative estimate of drug-likeness (QED) is 0.177. The Balaban J connectivity index is 0.977. The Kier molecular flexibility index (Phi) is 7.69. The van der Waals surface area contributed by atoms with Gasteiger partial charge in [-0.05, 0) is 75.2 Å². The first-order valence-corrected chi connectivity index (χ1v) is 21.8. The number of nitrogens with zero attached hydrogens (tertiary/aromatic N) is 4. The van der Waals surface area contributed by atoms with Crippen molar-refractivity contribution < 1.29 is 4.74 Å². The molecule has 0 bridgehead atoms. The van der Waals surface area contributed by atoms with Crippen molar-refractivity contribution in [3.05, 3.63) is 222 Å². The molecule has 0 atom stereocenters. The van der Waals surface area contributed by atoms with Crippen LogP contribution in [0.1, 0.15) is 27.8 Å². The summed E-state index contributed by atoms with van der Waals surface area (Å²) < 4.78 is 8.99. The van der Waals surface area contributed by atoms with Gasteiger partial charge < -0.3 is 4.74 Å². The van der Waals surface area contributed by atoms with Crippen LogP contribution in [0.2, 0.25) is 0 Å². The molecule has 0 fully saturated rings. The van der Waals surface area contributed by atoms with E-state index in [0.717, 1.165) is 82.6 Å². The number of hydrogen-bond acceptors (Lipinski definition) is 6. The average Bonchev–Trinajstić information content (AvgIpc) is 3.88. The van der Waals surface area contributed by atoms with Gasteiger partial charge in [0.15, 0.2) is 17.5 Å². The van der Waals surface area contributed by atoms with Crippen LogP contribution in [0.4, 0.5) is 0 Å². The van der Waals surface area contributed by atoms with Crippen molar-refractivity contribution in [1.29, 1.82) is 5.26 Å². The van der Waals surface area contributed by atoms with Gasteiger partial charge in [0.05, 0.1) is 17.0 Å². The summed E-state index contributed by atoms with van der Waals surface area (Å²) in [6, 6.07) is 70.1. The number of aromatic nitrogens is 3. The Bertz CT molecular complexity index is 3690. The SMILES string of the molecule is N#Cc1cc2c(c3ccccc13)-c1cc(-c3ccc(-c4nc(-c5ccccc5)nc(-c5cccc6c5sc5ccccc56)n4)cc3)ccc1C21c2ccccc2Oc2ccccc21. The van der Waals surface area contributed by atoms with E-state index in [0.29, 0.717) is 23.0 Å². The van der Waals surface area contributed by atoms with Crippen molar-refractivity contribution in [2.24, 2.45) is 0 Å². The van der Waals surface area contributed by atoms with Gasteiger partial charge in [0.2, 0.25) is 0 Å². The maximum atomic E-state index is 10.6. The van der Waals surface area contributed by atoms with Gasteiger partial charge in [0.25, 0.3) is 0 Å². The second-order valence-electron chi connectivity index (χ2n) is 16.1. The summed E-state index contributed by atoms with van der Waals surface area (Å²) in [5, 5.41) is 15.0. The molecular formula is C57H32N4OS. The van der Waals surface area contributed by atoms with E-state index >= 15 is 0 Å². The highest BCUT2D eigenvalue weighted by atomic mass is 32.1. The summed E-state index contributed by atoms with van der Waals surface area (Å²) in [7, 11) is 0. The smallest absolute Gasteiger partial charge is 0.165 e. The van der Waals surface area contributed by atoms with Crippen LogP contribution in [0.15, 0.2) is 194 Å². The van der Waals surface area contributed by atoms with Crippen LogP contribution in [0, 0.1) is 11.3 Å². The Labute approximate surface area is 366 Å². The van der Waals surface area contributed by atoms with Crippen LogP contribution in [0.5, 0.6) is 11.5 Å². The first kappa shape index (κ1) is 35.5. The van der Waals surface area contributed by atoms with E-state index < -0.39 is 5.41 Å². The Morgan fingerprint density at radius 1 is 0.429 bits per heavy atom. The van der Waals surface area contributed by atoms with Crippen LogP contribution >= 0.6 is 11.3 Å². The van der Waals surface area contributed by atoms with E-state index in [9.17, 15) is 5.26 Å². The van der Waals surface area contributed by atoms with Crippen LogP contribution in [-0.4, -0.2) is 15.0 Å². The molecule has 11 aromatic rings. The summed E-state index contributed by atoms with van der Waals surface area (Å²) in [5.74, 6) is 3.53. The van der Waals surface area contributed by atoms with E-state index in [1.165, 1.54) is 21.0 Å². The Hall–Kier alpha value is -8.24. The lowest BCUT2D eigenvalue weighted by Crippen LogP contribution is -2.32. The van der Waals surface area contributed by atoms with E-state index in [2.05, 4.69) is 152 Å². The van der Waals surface area contributed by atoms with Crippen molar-refractivity contribution in [2.75, 3.05) is 0 Å². The molecular weight excluding hydrogens is 789 g/mol. The van der Waals surface area contributed by atoms with E-state index in [1.807, 2.05) is 48.5 Å². The third kappa shape index (κ3) is 5.18. The molecule has 63 heavy (non-hydrogen) atoms. The molecule has 0 radical (unpaired) electrons. The fraction of sp³-hybridized carbons (Fsp3) is 0.0175. The first-order chi connectivity index (χ1) is 31.2. The molecule has 6 heteroatoms. The molecule has 2 aliphatic rings. The van der Waals surface area contributed by atoms with Crippen LogP contribution in [0.25, 0.3) is 87.4 Å². The molecule has 1 aliphatic carbocycles. The third-order valence-corrected chi connectivity index (χ3v) is 14.1. The van der Waals surface area contributed by atoms with Gasteiger partial charge in [0, 0.05) is 53.4 Å². The number of thiophene rings is 1. The molecule has 0 saturated heterocycles. The number of para-hydroxylation sites is 2. The molecule has 3 heterocycles. The highest BCUT2D eigenvalue weighted by Crippen LogP contribution is 2.63. The molecule has 0 saturated carbocycles. The van der Waals surface area contributed by atoms with Crippen LogP contribution < -0.4 is 4.74 Å². The largest absolute Gasteiger partial charge is 0.457 e. The fourth-order valence-electron chi connectivity index (χ4n) is 10.1. The van der Waals surface area contributed by atoms with Crippen molar-refractivity contribution in [3.8, 4) is 74.0 Å². The fourth-order valence-corrected chi connectivity index (χ4v) is 11.3. The van der Waals surface area contributed by atoms with Gasteiger partial charge in [-0.3, -0.25) is 0 Å². The molecule has 2 aromatic heterocycles. The standard InChI is InChI=1S/C57H32N4OS/c58-33-38-32-48-52(41-17-5-4-15-39(38)41)44-31-37(29-30-45(44)57(48)46-20-7-9-22-49(46)62-50-23-10-8-21-47(50)57)34-25-27-36(28-26-34)55-59-54(35-13-2-1-3-14-35)60-56(61-55)43-19-12-18-42-40-16-6-11-24-51(40)63-53(42)43/h1-32H. The maximum absolute atomic E-state index is 10.6. The normalized spacial score (nSPS) is 13.0. The van der Waals surface area contributed by atoms with E-state index in [1.54, 1.807) is 11.3 Å². The Morgan fingerprint density at radius 3 is 1.76 bits per heavy atom. The molecule has 0 amide bonds. The molecule has 9 aromatic carbocycles. The number of ether oxygens (including phenoxy) is 1. The summed E-state index contributed by atoms with van der Waals surface area (Å²) in [4.78, 5) is 15.3. The predicted octanol–water partition coefficient (Wildman–Crippen LogP) is 14.4. The van der Waals surface area contributed by atoms with Gasteiger partial charge in [-0.25, -0.2) is 15.0 Å². The van der Waals surface area contributed by atoms with Gasteiger partial charge >= 0.3 is 0 Å². The second kappa shape index (κ2) is 13.6. The van der Waals surface area contributed by atoms with Crippen LogP contribution in [-0.2, 0) is 5.41 Å². The lowest BCUT2D eigenvalue weighted by Gasteiger charge is -2.39. The zero-order valence-corrected chi connectivity index (χ0v) is 34.4. The van der Waals surface area contributed by atoms with Crippen molar-refractivity contribution in [1.82, 2.24) is 15.0 Å². The molecule has 0 unspecified atom stereocenters. The summed E-state index contributed by atoms with van der Waals surface area (Å²) >= 11 is 1.77. The predicted molar refractivity (Wildman–Crippen MR) is 254 cm³/mol. The molecule has 5 nitrogen and oxygen atoms in total. The van der Waals surface area contributed by atoms with Crippen LogP contribution in [0.3, 0.4) is 0 Å². The molecule has 0 N–H and O–H groups in total. The van der Waals surface area contributed by atoms with Crippen molar-refractivity contribution in [3.63, 3.8) is 0 Å². The molecule has 1 spiro atoms. The lowest BCUT2D eigenvalue weighted by atomic mass is 9.65. The zero-order chi connectivity index (χ0) is 41.6. The second-order valence-corrected chi connectivity index (χ2v) is 17.2. The molecule has 1 aliphatic heterocycles. The van der Waals surface area contributed by atoms with E-state index in [-0.39, 0.29) is 0 Å². The first-order valence-electron chi connectivity index (χ1n) is 21.0. The minimum absolute atomic E-state index is 0.616. The van der Waals surface area contributed by atoms with Crippen molar-refractivity contribution in [2.45, 2.75) is 5.41 Å². The zero-order valence-electron chi connectivity index (χ0n) is 33.6. The summed E-state index contributed by atoms with van der Waals surface area (Å²) in [6.07, 6.45) is 0. The number of fused-ring (bicyclic) bond motifs is 14. The number of nitriles is 1. The van der Waals surface area contributed by atoms with Crippen molar-refractivity contribution >= 4 is 42.3 Å². The number of hydrogen-bond donors (Lipinski definition) is 0. The highest BCUT2D eigenvalue weighted by molar-refractivity contribution is 7.26. The molecule has 292 valence electrons.